The molecule has 1 atom stereocenters. The molecule has 1 fully saturated rings. The van der Waals surface area contributed by atoms with E-state index in [0.29, 0.717) is 19.5 Å². The molecule has 0 amide bonds. The van der Waals surface area contributed by atoms with Crippen LogP contribution in [0.4, 0.5) is 0 Å². The Labute approximate surface area is 145 Å². The Bertz CT molecular complexity index is 734. The molecule has 8 heteroatoms. The summed E-state index contributed by atoms with van der Waals surface area (Å²) >= 11 is 0. The number of hydrogen-bond acceptors (Lipinski definition) is 3. The quantitative estimate of drug-likeness (QED) is 0.568. The van der Waals surface area contributed by atoms with Gasteiger partial charge >= 0.3 is 7.59 Å². The van der Waals surface area contributed by atoms with Crippen LogP contribution >= 0.6 is 7.59 Å². The molecule has 1 aliphatic rings. The Morgan fingerprint density at radius 2 is 1.75 bits per heavy atom. The first-order valence-electron chi connectivity index (χ1n) is 7.97. The van der Waals surface area contributed by atoms with Crippen molar-refractivity contribution in [2.45, 2.75) is 31.2 Å². The summed E-state index contributed by atoms with van der Waals surface area (Å²) in [6.45, 7) is 8.64. The van der Waals surface area contributed by atoms with Gasteiger partial charge in [0.2, 0.25) is 0 Å². The molecule has 134 valence electrons. The summed E-state index contributed by atoms with van der Waals surface area (Å²) in [5.74, 6) is 0. The van der Waals surface area contributed by atoms with Crippen molar-refractivity contribution >= 4 is 17.6 Å². The number of aryl methyl sites for hydroxylation is 1. The Kier molecular flexibility index (Phi) is 5.72. The zero-order chi connectivity index (χ0) is 18.1. The van der Waals surface area contributed by atoms with E-state index in [0.717, 1.165) is 5.56 Å². The van der Waals surface area contributed by atoms with Gasteiger partial charge in [0.25, 0.3) is 10.0 Å². The Hall–Kier alpha value is -0.980. The highest BCUT2D eigenvalue weighted by Gasteiger charge is 2.51. The summed E-state index contributed by atoms with van der Waals surface area (Å²) in [6, 6.07) is 6.09. The summed E-state index contributed by atoms with van der Waals surface area (Å²) in [5, 5.41) is 0. The molecule has 1 aromatic rings. The van der Waals surface area contributed by atoms with E-state index < -0.39 is 23.7 Å². The molecule has 0 bridgehead atoms. The zero-order valence-corrected chi connectivity index (χ0v) is 16.4. The van der Waals surface area contributed by atoms with Crippen LogP contribution in [-0.2, 0) is 14.6 Å². The summed E-state index contributed by atoms with van der Waals surface area (Å²) in [6.07, 6.45) is 2.06. The third-order valence-electron chi connectivity index (χ3n) is 4.43. The molecule has 1 heterocycles. The number of rotatable bonds is 6. The molecular weight excluding hydrogens is 345 g/mol. The van der Waals surface area contributed by atoms with Crippen LogP contribution < -0.4 is 0 Å². The Morgan fingerprint density at radius 1 is 1.25 bits per heavy atom. The van der Waals surface area contributed by atoms with Gasteiger partial charge in [-0.15, -0.1) is 10.7 Å². The van der Waals surface area contributed by atoms with E-state index in [-0.39, 0.29) is 4.90 Å². The third kappa shape index (κ3) is 3.11. The van der Waals surface area contributed by atoms with Gasteiger partial charge < -0.3 is 0 Å². The average molecular weight is 371 g/mol. The van der Waals surface area contributed by atoms with E-state index >= 15 is 0 Å². The van der Waals surface area contributed by atoms with Gasteiger partial charge in [0, 0.05) is 13.1 Å². The molecule has 1 aromatic carbocycles. The standard InChI is InChI=1S/C16H26N3O3PS/c1-6-15(7-2)19(23(20)17(4)12-13-18(23)5)24(21,22)16-10-8-14(3)9-11-16/h6,8-11,15H,1,7,12-13H2,2-5H3. The highest BCUT2D eigenvalue weighted by atomic mass is 32.2. The van der Waals surface area contributed by atoms with Crippen molar-refractivity contribution in [1.29, 1.82) is 0 Å². The molecule has 6 nitrogen and oxygen atoms in total. The van der Waals surface area contributed by atoms with E-state index in [9.17, 15) is 13.0 Å². The number of sulfonamides is 1. The lowest BCUT2D eigenvalue weighted by Gasteiger charge is -2.38. The zero-order valence-electron chi connectivity index (χ0n) is 14.7. The topological polar surface area (TPSA) is 60.9 Å². The maximum absolute atomic E-state index is 13.8. The fourth-order valence-electron chi connectivity index (χ4n) is 2.85. The highest BCUT2D eigenvalue weighted by Crippen LogP contribution is 2.61. The van der Waals surface area contributed by atoms with E-state index in [1.54, 1.807) is 53.8 Å². The second-order valence-corrected chi connectivity index (χ2v) is 11.0. The van der Waals surface area contributed by atoms with E-state index in [2.05, 4.69) is 6.58 Å². The number of nitrogens with zero attached hydrogens (tertiary/aromatic N) is 3. The van der Waals surface area contributed by atoms with Gasteiger partial charge in [-0.2, -0.15) is 0 Å². The van der Waals surface area contributed by atoms with Crippen LogP contribution in [0.3, 0.4) is 0 Å². The van der Waals surface area contributed by atoms with Crippen molar-refractivity contribution in [3.8, 4) is 0 Å². The average Bonchev–Trinajstić information content (AvgIpc) is 2.80. The molecule has 0 saturated carbocycles. The van der Waals surface area contributed by atoms with E-state index in [1.807, 2.05) is 13.8 Å². The van der Waals surface area contributed by atoms with Crippen LogP contribution in [0.15, 0.2) is 41.8 Å². The van der Waals surface area contributed by atoms with Gasteiger partial charge in [-0.1, -0.05) is 30.7 Å². The van der Waals surface area contributed by atoms with Crippen LogP contribution in [0.2, 0.25) is 0 Å². The minimum Gasteiger partial charge on any atom is -0.269 e. The number of likely N-dealkylation sites (N-methyl/N-ethyl adjacent to an activating group) is 2. The van der Waals surface area contributed by atoms with Crippen molar-refractivity contribution in [2.24, 2.45) is 0 Å². The summed E-state index contributed by atoms with van der Waals surface area (Å²) in [4.78, 5) is 0.150. The fourth-order valence-corrected chi connectivity index (χ4v) is 8.76. The lowest BCUT2D eigenvalue weighted by atomic mass is 10.2. The Balaban J connectivity index is 2.65. The van der Waals surface area contributed by atoms with Crippen molar-refractivity contribution in [2.75, 3.05) is 27.2 Å². The van der Waals surface area contributed by atoms with Gasteiger partial charge in [0.1, 0.15) is 0 Å². The smallest absolute Gasteiger partial charge is 0.269 e. The SMILES string of the molecule is C=CC(CC)N(P1(=O)N(C)CCN1C)S(=O)(=O)c1ccc(C)cc1. The molecule has 0 radical (unpaired) electrons. The van der Waals surface area contributed by atoms with Gasteiger partial charge in [-0.25, -0.2) is 17.8 Å². The predicted molar refractivity (Wildman–Crippen MR) is 97.3 cm³/mol. The van der Waals surface area contributed by atoms with E-state index in [4.69, 9.17) is 0 Å². The van der Waals surface area contributed by atoms with Crippen LogP contribution in [0.1, 0.15) is 18.9 Å². The first kappa shape index (κ1) is 19.3. The summed E-state index contributed by atoms with van der Waals surface area (Å²) in [7, 11) is -3.93. The van der Waals surface area contributed by atoms with Gasteiger partial charge in [0.15, 0.2) is 0 Å². The molecular formula is C16H26N3O3PS. The van der Waals surface area contributed by atoms with Crippen molar-refractivity contribution < 1.29 is 13.0 Å². The maximum atomic E-state index is 13.8. The molecule has 0 N–H and O–H groups in total. The minimum absolute atomic E-state index is 0.150. The molecule has 1 saturated heterocycles. The second kappa shape index (κ2) is 7.10. The highest BCUT2D eigenvalue weighted by molar-refractivity contribution is 7.94. The molecule has 1 aliphatic heterocycles. The molecule has 2 rings (SSSR count). The van der Waals surface area contributed by atoms with Crippen LogP contribution in [-0.4, -0.2) is 55.1 Å². The van der Waals surface area contributed by atoms with Crippen molar-refractivity contribution in [3.63, 3.8) is 0 Å². The third-order valence-corrected chi connectivity index (χ3v) is 10.3. The summed E-state index contributed by atoms with van der Waals surface area (Å²) in [5.41, 5.74) is 0.970. The van der Waals surface area contributed by atoms with Gasteiger partial charge in [-0.05, 0) is 39.6 Å². The lowest BCUT2D eigenvalue weighted by molar-refractivity contribution is 0.391. The first-order chi connectivity index (χ1) is 11.2. The van der Waals surface area contributed by atoms with Crippen LogP contribution in [0, 0.1) is 6.92 Å². The number of hydrogen-bond donors (Lipinski definition) is 0. The molecule has 0 spiro atoms. The Morgan fingerprint density at radius 3 is 2.17 bits per heavy atom. The minimum atomic E-state index is -3.93. The maximum Gasteiger partial charge on any atom is 0.300 e. The first-order valence-corrected chi connectivity index (χ1v) is 11.0. The number of benzene rings is 1. The fraction of sp³-hybridized carbons (Fsp3) is 0.500. The molecule has 0 aromatic heterocycles. The van der Waals surface area contributed by atoms with Crippen molar-refractivity contribution in [1.82, 2.24) is 13.4 Å². The summed E-state index contributed by atoms with van der Waals surface area (Å²) < 4.78 is 44.9. The largest absolute Gasteiger partial charge is 0.300 e. The predicted octanol–water partition coefficient (Wildman–Crippen LogP) is 2.94. The van der Waals surface area contributed by atoms with Crippen molar-refractivity contribution in [3.05, 3.63) is 42.5 Å². The normalized spacial score (nSPS) is 20.4. The van der Waals surface area contributed by atoms with Crippen LogP contribution in [0.25, 0.3) is 0 Å². The lowest BCUT2D eigenvalue weighted by Crippen LogP contribution is -2.41. The van der Waals surface area contributed by atoms with Gasteiger partial charge in [0.05, 0.1) is 10.9 Å². The monoisotopic (exact) mass is 371 g/mol. The molecule has 0 aliphatic carbocycles. The molecule has 1 unspecified atom stereocenters. The molecule has 24 heavy (non-hydrogen) atoms. The second-order valence-electron chi connectivity index (χ2n) is 6.08. The van der Waals surface area contributed by atoms with Crippen LogP contribution in [0.5, 0.6) is 0 Å². The van der Waals surface area contributed by atoms with E-state index in [1.165, 1.54) is 4.08 Å². The van der Waals surface area contributed by atoms with Gasteiger partial charge in [-0.3, -0.25) is 4.57 Å².